The Balaban J connectivity index is 1.12. The molecule has 0 aliphatic carbocycles. The van der Waals surface area contributed by atoms with E-state index in [0.717, 1.165) is 71.8 Å². The molecule has 0 amide bonds. The Kier molecular flexibility index (Phi) is 6.21. The minimum Gasteiger partial charge on any atom is -0.456 e. The number of hydrogen-bond acceptors (Lipinski definition) is 4. The number of nitrogens with zero attached hydrogens (tertiary/aromatic N) is 2. The highest BCUT2D eigenvalue weighted by molar-refractivity contribution is 6.19. The summed E-state index contributed by atoms with van der Waals surface area (Å²) in [5, 5.41) is 13.0. The van der Waals surface area contributed by atoms with E-state index < -0.39 is 0 Å². The second kappa shape index (κ2) is 11.0. The molecule has 1 atom stereocenters. The summed E-state index contributed by atoms with van der Waals surface area (Å²) in [5.41, 5.74) is 7.16. The van der Waals surface area contributed by atoms with Crippen LogP contribution in [0.15, 0.2) is 178 Å². The largest absolute Gasteiger partial charge is 0.456 e. The predicted molar refractivity (Wildman–Crippen MR) is 204 cm³/mol. The van der Waals surface area contributed by atoms with Crippen LogP contribution in [0.3, 0.4) is 0 Å². The SMILES string of the molecule is c1ccc2cc(C3=NC(c4ccc5ccccc5c4)NC(c4ccc(-c5ccc6c(c5)oc5ccccc56)c5ccccc45)=N3)ccc2c1. The van der Waals surface area contributed by atoms with E-state index in [0.29, 0.717) is 5.84 Å². The summed E-state index contributed by atoms with van der Waals surface area (Å²) in [7, 11) is 0. The summed E-state index contributed by atoms with van der Waals surface area (Å²) in [5.74, 6) is 1.51. The van der Waals surface area contributed by atoms with Crippen LogP contribution >= 0.6 is 0 Å². The first-order chi connectivity index (χ1) is 24.2. The average Bonchev–Trinajstić information content (AvgIpc) is 3.55. The number of nitrogens with one attached hydrogen (secondary N) is 1. The van der Waals surface area contributed by atoms with Gasteiger partial charge in [-0.3, -0.25) is 0 Å². The smallest absolute Gasteiger partial charge is 0.159 e. The molecule has 2 heterocycles. The first kappa shape index (κ1) is 27.6. The van der Waals surface area contributed by atoms with Crippen molar-refractivity contribution in [1.29, 1.82) is 0 Å². The van der Waals surface area contributed by atoms with Crippen molar-refractivity contribution in [2.24, 2.45) is 9.98 Å². The van der Waals surface area contributed by atoms with Gasteiger partial charge in [0.15, 0.2) is 5.84 Å². The third-order valence-electron chi connectivity index (χ3n) is 9.71. The summed E-state index contributed by atoms with van der Waals surface area (Å²) in [6.45, 7) is 0. The van der Waals surface area contributed by atoms with E-state index in [1.807, 2.05) is 12.1 Å². The van der Waals surface area contributed by atoms with Crippen molar-refractivity contribution in [3.05, 3.63) is 180 Å². The Hall–Kier alpha value is -6.52. The molecule has 1 aliphatic rings. The lowest BCUT2D eigenvalue weighted by Crippen LogP contribution is -2.33. The topological polar surface area (TPSA) is 49.9 Å². The lowest BCUT2D eigenvalue weighted by Gasteiger charge is -2.25. The minimum absolute atomic E-state index is 0.312. The molecule has 0 fully saturated rings. The van der Waals surface area contributed by atoms with Gasteiger partial charge in [-0.25, -0.2) is 9.98 Å². The summed E-state index contributed by atoms with van der Waals surface area (Å²) >= 11 is 0. The number of hydrogen-bond donors (Lipinski definition) is 1. The van der Waals surface area contributed by atoms with Crippen LogP contribution in [0.1, 0.15) is 22.9 Å². The van der Waals surface area contributed by atoms with Gasteiger partial charge in [0.1, 0.15) is 23.2 Å². The molecule has 0 radical (unpaired) electrons. The van der Waals surface area contributed by atoms with Gasteiger partial charge in [-0.2, -0.15) is 0 Å². The van der Waals surface area contributed by atoms with E-state index in [4.69, 9.17) is 14.4 Å². The fraction of sp³-hybridized carbons (Fsp3) is 0.0222. The van der Waals surface area contributed by atoms with Gasteiger partial charge in [0.25, 0.3) is 0 Å². The van der Waals surface area contributed by atoms with Gasteiger partial charge in [-0.05, 0) is 79.3 Å². The molecule has 0 bridgehead atoms. The van der Waals surface area contributed by atoms with Gasteiger partial charge >= 0.3 is 0 Å². The first-order valence-corrected chi connectivity index (χ1v) is 16.6. The Bertz CT molecular complexity index is 2820. The Morgan fingerprint density at radius 3 is 1.88 bits per heavy atom. The minimum atomic E-state index is -0.312. The molecular formula is C45H29N3O. The lowest BCUT2D eigenvalue weighted by atomic mass is 9.93. The van der Waals surface area contributed by atoms with Crippen molar-refractivity contribution < 1.29 is 4.42 Å². The monoisotopic (exact) mass is 627 g/mol. The van der Waals surface area contributed by atoms with Crippen molar-refractivity contribution in [2.75, 3.05) is 0 Å². The molecule has 1 aliphatic heterocycles. The third kappa shape index (κ3) is 4.68. The molecule has 10 rings (SSSR count). The van der Waals surface area contributed by atoms with Crippen LogP contribution in [0.4, 0.5) is 0 Å². The van der Waals surface area contributed by atoms with Crippen LogP contribution < -0.4 is 5.32 Å². The maximum Gasteiger partial charge on any atom is 0.159 e. The van der Waals surface area contributed by atoms with E-state index >= 15 is 0 Å². The molecule has 49 heavy (non-hydrogen) atoms. The molecule has 1 unspecified atom stereocenters. The Morgan fingerprint density at radius 2 is 1.06 bits per heavy atom. The predicted octanol–water partition coefficient (Wildman–Crippen LogP) is 11.2. The van der Waals surface area contributed by atoms with Crippen LogP contribution in [-0.2, 0) is 0 Å². The summed E-state index contributed by atoms with van der Waals surface area (Å²) in [6.07, 6.45) is -0.312. The lowest BCUT2D eigenvalue weighted by molar-refractivity contribution is 0.669. The molecule has 1 aromatic heterocycles. The number of para-hydroxylation sites is 1. The van der Waals surface area contributed by atoms with Gasteiger partial charge in [-0.15, -0.1) is 0 Å². The van der Waals surface area contributed by atoms with Gasteiger partial charge in [-0.1, -0.05) is 133 Å². The van der Waals surface area contributed by atoms with Crippen LogP contribution in [0.5, 0.6) is 0 Å². The number of aliphatic imine (C=N–C) groups is 2. The highest BCUT2D eigenvalue weighted by Gasteiger charge is 2.23. The maximum absolute atomic E-state index is 6.26. The average molecular weight is 628 g/mol. The molecule has 8 aromatic carbocycles. The van der Waals surface area contributed by atoms with Crippen LogP contribution in [-0.4, -0.2) is 11.7 Å². The molecule has 0 saturated heterocycles. The van der Waals surface area contributed by atoms with Gasteiger partial charge in [0, 0.05) is 21.9 Å². The molecular weight excluding hydrogens is 599 g/mol. The van der Waals surface area contributed by atoms with Gasteiger partial charge in [0.2, 0.25) is 0 Å². The summed E-state index contributed by atoms with van der Waals surface area (Å²) < 4.78 is 6.26. The van der Waals surface area contributed by atoms with E-state index in [1.165, 1.54) is 16.2 Å². The van der Waals surface area contributed by atoms with Gasteiger partial charge < -0.3 is 9.73 Å². The number of rotatable bonds is 4. The molecule has 9 aromatic rings. The summed E-state index contributed by atoms with van der Waals surface area (Å²) in [4.78, 5) is 10.4. The molecule has 1 N–H and O–H groups in total. The van der Waals surface area contributed by atoms with E-state index in [1.54, 1.807) is 0 Å². The standard InChI is InChI=1S/C45H29N3O/c1-3-11-30-25-33(19-17-28(30)9-1)43-46-44(34-20-18-29-10-2-4-12-31(29)26-34)48-45(47-43)40-24-23-35(36-13-5-6-14-37(36)40)32-21-22-39-38-15-7-8-16-41(38)49-42(39)27-32/h1-27,43H,(H,46,47,48). The van der Waals surface area contributed by atoms with E-state index in [2.05, 4.69) is 157 Å². The fourth-order valence-corrected chi connectivity index (χ4v) is 7.24. The van der Waals surface area contributed by atoms with E-state index in [9.17, 15) is 0 Å². The Morgan fingerprint density at radius 1 is 0.449 bits per heavy atom. The van der Waals surface area contributed by atoms with Crippen LogP contribution in [0, 0.1) is 0 Å². The van der Waals surface area contributed by atoms with Crippen molar-refractivity contribution >= 4 is 65.9 Å². The second-order valence-corrected chi connectivity index (χ2v) is 12.6. The molecule has 230 valence electrons. The first-order valence-electron chi connectivity index (χ1n) is 16.6. The summed E-state index contributed by atoms with van der Waals surface area (Å²) in [6, 6.07) is 57.6. The zero-order chi connectivity index (χ0) is 32.3. The number of benzene rings is 8. The fourth-order valence-electron chi connectivity index (χ4n) is 7.24. The number of furan rings is 1. The van der Waals surface area contributed by atoms with Crippen molar-refractivity contribution in [3.63, 3.8) is 0 Å². The molecule has 4 heteroatoms. The quantitative estimate of drug-likeness (QED) is 0.211. The van der Waals surface area contributed by atoms with Gasteiger partial charge in [0.05, 0.1) is 0 Å². The van der Waals surface area contributed by atoms with Crippen LogP contribution in [0.25, 0.3) is 65.4 Å². The molecule has 0 spiro atoms. The van der Waals surface area contributed by atoms with Crippen molar-refractivity contribution in [3.8, 4) is 11.1 Å². The van der Waals surface area contributed by atoms with Crippen LogP contribution in [0.2, 0.25) is 0 Å². The molecule has 4 nitrogen and oxygen atoms in total. The number of fused-ring (bicyclic) bond motifs is 6. The number of amidine groups is 2. The van der Waals surface area contributed by atoms with Crippen molar-refractivity contribution in [2.45, 2.75) is 6.17 Å². The van der Waals surface area contributed by atoms with E-state index in [-0.39, 0.29) is 6.17 Å². The second-order valence-electron chi connectivity index (χ2n) is 12.6. The van der Waals surface area contributed by atoms with Crippen molar-refractivity contribution in [1.82, 2.24) is 5.32 Å². The zero-order valence-corrected chi connectivity index (χ0v) is 26.5. The highest BCUT2D eigenvalue weighted by atomic mass is 16.3. The zero-order valence-electron chi connectivity index (χ0n) is 26.5. The highest BCUT2D eigenvalue weighted by Crippen LogP contribution is 2.36. The third-order valence-corrected chi connectivity index (χ3v) is 9.71. The molecule has 0 saturated carbocycles. The normalized spacial score (nSPS) is 14.7. The maximum atomic E-state index is 6.26. The Labute approximate surface area is 282 Å².